The minimum atomic E-state index is -0.613. The molecule has 0 bridgehead atoms. The number of rotatable bonds is 3. The molecule has 1 aromatic rings. The molecule has 1 aromatic carbocycles. The maximum Gasteiger partial charge on any atom is 0.252 e. The van der Waals surface area contributed by atoms with E-state index in [2.05, 4.69) is 17.2 Å². The number of aryl methyl sites for hydroxylation is 1. The highest BCUT2D eigenvalue weighted by Crippen LogP contribution is 2.10. The molecule has 0 aliphatic rings. The van der Waals surface area contributed by atoms with Gasteiger partial charge in [-0.3, -0.25) is 9.59 Å². The van der Waals surface area contributed by atoms with Crippen molar-refractivity contribution in [2.24, 2.45) is 5.73 Å². The van der Waals surface area contributed by atoms with E-state index in [4.69, 9.17) is 10.8 Å². The number of aliphatic hydroxyl groups excluding tert-OH is 1. The molecule has 0 aliphatic carbocycles. The number of benzene rings is 1. The number of nitrogens with one attached hydrogen (secondary N) is 1. The van der Waals surface area contributed by atoms with Crippen LogP contribution < -0.4 is 11.1 Å². The molecule has 5 heteroatoms. The first-order valence-electron chi connectivity index (χ1n) is 5.31. The largest absolute Gasteiger partial charge is 0.384 e. The molecule has 0 saturated heterocycles. The predicted octanol–water partition coefficient (Wildman–Crippen LogP) is -0.446. The summed E-state index contributed by atoms with van der Waals surface area (Å²) in [7, 11) is 0. The fourth-order valence-corrected chi connectivity index (χ4v) is 1.36. The summed E-state index contributed by atoms with van der Waals surface area (Å²) in [6.07, 6.45) is 0. The van der Waals surface area contributed by atoms with Gasteiger partial charge in [0, 0.05) is 5.56 Å². The number of hydrogen-bond donors (Lipinski definition) is 3. The van der Waals surface area contributed by atoms with Gasteiger partial charge in [-0.15, -0.1) is 0 Å². The molecule has 2 amide bonds. The first kappa shape index (κ1) is 13.7. The lowest BCUT2D eigenvalue weighted by Gasteiger charge is -2.06. The van der Waals surface area contributed by atoms with E-state index in [0.29, 0.717) is 11.1 Å². The second-order valence-electron chi connectivity index (χ2n) is 3.66. The second kappa shape index (κ2) is 6.42. The predicted molar refractivity (Wildman–Crippen MR) is 66.7 cm³/mol. The third kappa shape index (κ3) is 3.92. The van der Waals surface area contributed by atoms with Crippen LogP contribution in [0.3, 0.4) is 0 Å². The number of carbonyl (C=O) groups is 2. The number of aliphatic hydroxyl groups is 1. The minimum Gasteiger partial charge on any atom is -0.384 e. The molecule has 0 spiro atoms. The molecule has 4 N–H and O–H groups in total. The summed E-state index contributed by atoms with van der Waals surface area (Å²) in [5.41, 5.74) is 6.75. The van der Waals surface area contributed by atoms with E-state index in [0.717, 1.165) is 5.56 Å². The number of amides is 2. The molecule has 0 atom stereocenters. The van der Waals surface area contributed by atoms with Crippen molar-refractivity contribution in [3.05, 3.63) is 34.9 Å². The summed E-state index contributed by atoms with van der Waals surface area (Å²) in [6.45, 7) is 1.37. The molecule has 0 aromatic heterocycles. The molecule has 1 rings (SSSR count). The van der Waals surface area contributed by atoms with Crippen LogP contribution in [0.5, 0.6) is 0 Å². The van der Waals surface area contributed by atoms with E-state index in [1.54, 1.807) is 18.2 Å². The van der Waals surface area contributed by atoms with Crippen LogP contribution in [0.15, 0.2) is 18.2 Å². The van der Waals surface area contributed by atoms with Gasteiger partial charge in [0.25, 0.3) is 5.91 Å². The van der Waals surface area contributed by atoms with E-state index >= 15 is 0 Å². The summed E-state index contributed by atoms with van der Waals surface area (Å²) in [5.74, 6) is 4.15. The lowest BCUT2D eigenvalue weighted by Crippen LogP contribution is -2.33. The van der Waals surface area contributed by atoms with Gasteiger partial charge in [-0.1, -0.05) is 17.9 Å². The fourth-order valence-electron chi connectivity index (χ4n) is 1.36. The Bertz CT molecular complexity index is 527. The standard InChI is InChI=1S/C13H14N2O3/c1-9-4-5-11(10(7-9)3-2-6-16)13(18)15-8-12(14)17/h4-5,7,16H,6,8H2,1H3,(H2,14,17)(H,15,18). The Labute approximate surface area is 105 Å². The van der Waals surface area contributed by atoms with Gasteiger partial charge in [0.05, 0.1) is 12.1 Å². The number of nitrogens with two attached hydrogens (primary N) is 1. The average molecular weight is 246 g/mol. The third-order valence-corrected chi connectivity index (χ3v) is 2.14. The SMILES string of the molecule is Cc1ccc(C(=O)NCC(N)=O)c(C#CCO)c1. The normalized spacial score (nSPS) is 9.22. The van der Waals surface area contributed by atoms with Crippen molar-refractivity contribution in [3.63, 3.8) is 0 Å². The van der Waals surface area contributed by atoms with E-state index in [9.17, 15) is 9.59 Å². The van der Waals surface area contributed by atoms with Crippen LogP contribution in [0.2, 0.25) is 0 Å². The number of hydrogen-bond acceptors (Lipinski definition) is 3. The molecule has 0 saturated carbocycles. The molecular formula is C13H14N2O3. The molecular weight excluding hydrogens is 232 g/mol. The first-order valence-corrected chi connectivity index (χ1v) is 5.31. The van der Waals surface area contributed by atoms with Crippen molar-refractivity contribution in [3.8, 4) is 11.8 Å². The lowest BCUT2D eigenvalue weighted by atomic mass is 10.0. The molecule has 0 aliphatic heterocycles. The number of primary amides is 1. The van der Waals surface area contributed by atoms with Gasteiger partial charge in [-0.2, -0.15) is 0 Å². The zero-order valence-electron chi connectivity index (χ0n) is 9.99. The summed E-state index contributed by atoms with van der Waals surface area (Å²) in [6, 6.07) is 5.12. The Hall–Kier alpha value is -2.32. The summed E-state index contributed by atoms with van der Waals surface area (Å²) in [5, 5.41) is 11.1. The van der Waals surface area contributed by atoms with E-state index in [-0.39, 0.29) is 13.2 Å². The van der Waals surface area contributed by atoms with Crippen molar-refractivity contribution in [1.29, 1.82) is 0 Å². The van der Waals surface area contributed by atoms with Crippen LogP contribution in [0.25, 0.3) is 0 Å². The van der Waals surface area contributed by atoms with Crippen LogP contribution in [-0.2, 0) is 4.79 Å². The first-order chi connectivity index (χ1) is 8.54. The van der Waals surface area contributed by atoms with Crippen molar-refractivity contribution in [1.82, 2.24) is 5.32 Å². The zero-order valence-corrected chi connectivity index (χ0v) is 9.99. The van der Waals surface area contributed by atoms with E-state index in [1.807, 2.05) is 6.92 Å². The fraction of sp³-hybridized carbons (Fsp3) is 0.231. The monoisotopic (exact) mass is 246 g/mol. The third-order valence-electron chi connectivity index (χ3n) is 2.14. The summed E-state index contributed by atoms with van der Waals surface area (Å²) < 4.78 is 0. The van der Waals surface area contributed by atoms with Gasteiger partial charge in [-0.25, -0.2) is 0 Å². The summed E-state index contributed by atoms with van der Waals surface area (Å²) >= 11 is 0. The maximum atomic E-state index is 11.8. The lowest BCUT2D eigenvalue weighted by molar-refractivity contribution is -0.117. The number of carbonyl (C=O) groups excluding carboxylic acids is 2. The molecule has 0 radical (unpaired) electrons. The Kier molecular flexibility index (Phi) is 4.90. The van der Waals surface area contributed by atoms with Crippen LogP contribution >= 0.6 is 0 Å². The van der Waals surface area contributed by atoms with Crippen LogP contribution in [0.4, 0.5) is 0 Å². The van der Waals surface area contributed by atoms with Crippen molar-refractivity contribution in [2.45, 2.75) is 6.92 Å². The van der Waals surface area contributed by atoms with E-state index in [1.165, 1.54) is 0 Å². The van der Waals surface area contributed by atoms with Gasteiger partial charge < -0.3 is 16.2 Å². The molecule has 18 heavy (non-hydrogen) atoms. The molecule has 0 unspecified atom stereocenters. The highest BCUT2D eigenvalue weighted by atomic mass is 16.2. The van der Waals surface area contributed by atoms with E-state index < -0.39 is 11.8 Å². The maximum absolute atomic E-state index is 11.8. The van der Waals surface area contributed by atoms with Crippen LogP contribution in [0, 0.1) is 18.8 Å². The van der Waals surface area contributed by atoms with Crippen LogP contribution in [-0.4, -0.2) is 30.1 Å². The zero-order chi connectivity index (χ0) is 13.5. The van der Waals surface area contributed by atoms with Gasteiger partial charge >= 0.3 is 0 Å². The topological polar surface area (TPSA) is 92.4 Å². The van der Waals surface area contributed by atoms with Crippen molar-refractivity contribution >= 4 is 11.8 Å². The van der Waals surface area contributed by atoms with Gasteiger partial charge in [-0.05, 0) is 24.6 Å². The molecule has 94 valence electrons. The molecule has 0 fully saturated rings. The Morgan fingerprint density at radius 3 is 2.78 bits per heavy atom. The highest BCUT2D eigenvalue weighted by molar-refractivity contribution is 5.98. The molecule has 0 heterocycles. The average Bonchev–Trinajstić information content (AvgIpc) is 2.33. The smallest absolute Gasteiger partial charge is 0.252 e. The minimum absolute atomic E-state index is 0.223. The van der Waals surface area contributed by atoms with Gasteiger partial charge in [0.2, 0.25) is 5.91 Å². The molecule has 5 nitrogen and oxygen atoms in total. The highest BCUT2D eigenvalue weighted by Gasteiger charge is 2.10. The van der Waals surface area contributed by atoms with Gasteiger partial charge in [0.1, 0.15) is 6.61 Å². The van der Waals surface area contributed by atoms with Crippen molar-refractivity contribution in [2.75, 3.05) is 13.2 Å². The Balaban J connectivity index is 2.99. The second-order valence-corrected chi connectivity index (χ2v) is 3.66. The Morgan fingerprint density at radius 2 is 2.17 bits per heavy atom. The summed E-state index contributed by atoms with van der Waals surface area (Å²) in [4.78, 5) is 22.4. The Morgan fingerprint density at radius 1 is 1.44 bits per heavy atom. The van der Waals surface area contributed by atoms with Crippen LogP contribution in [0.1, 0.15) is 21.5 Å². The van der Waals surface area contributed by atoms with Crippen molar-refractivity contribution < 1.29 is 14.7 Å². The quantitative estimate of drug-likeness (QED) is 0.631. The van der Waals surface area contributed by atoms with Gasteiger partial charge in [0.15, 0.2) is 0 Å².